The van der Waals surface area contributed by atoms with Gasteiger partial charge in [-0.25, -0.2) is 0 Å². The number of hydrogen-bond donors (Lipinski definition) is 1. The molecule has 0 aromatic rings. The number of hydrogen-bond acceptors (Lipinski definition) is 3. The van der Waals surface area contributed by atoms with Gasteiger partial charge >= 0.3 is 0 Å². The Kier molecular flexibility index (Phi) is 2.94. The summed E-state index contributed by atoms with van der Waals surface area (Å²) < 4.78 is 0. The number of thiocarbonyl (C=S) groups is 1. The number of nitrogens with zero attached hydrogens (tertiary/aromatic N) is 1. The quantitative estimate of drug-likeness (QED) is 0.753. The maximum absolute atomic E-state index is 12.2. The van der Waals surface area contributed by atoms with Crippen molar-refractivity contribution in [2.75, 3.05) is 18.6 Å². The summed E-state index contributed by atoms with van der Waals surface area (Å²) in [5, 5.41) is 0. The van der Waals surface area contributed by atoms with Crippen molar-refractivity contribution in [1.82, 2.24) is 4.90 Å². The maximum Gasteiger partial charge on any atom is 0.235 e. The van der Waals surface area contributed by atoms with Crippen LogP contribution in [0.1, 0.15) is 19.3 Å². The van der Waals surface area contributed by atoms with Crippen LogP contribution in [0.3, 0.4) is 0 Å². The summed E-state index contributed by atoms with van der Waals surface area (Å²) in [4.78, 5) is 14.5. The lowest BCUT2D eigenvalue weighted by Crippen LogP contribution is -2.45. The van der Waals surface area contributed by atoms with E-state index < -0.39 is 5.41 Å². The Morgan fingerprint density at radius 1 is 1.60 bits per heavy atom. The summed E-state index contributed by atoms with van der Waals surface area (Å²) >= 11 is 6.90. The fraction of sp³-hybridized carbons (Fsp3) is 0.800. The van der Waals surface area contributed by atoms with Gasteiger partial charge < -0.3 is 10.6 Å². The molecule has 1 heterocycles. The zero-order valence-electron chi connectivity index (χ0n) is 8.86. The molecule has 0 aromatic heterocycles. The lowest BCUT2D eigenvalue weighted by molar-refractivity contribution is -0.134. The smallest absolute Gasteiger partial charge is 0.235 e. The molecule has 1 unspecified atom stereocenters. The van der Waals surface area contributed by atoms with Gasteiger partial charge in [-0.05, 0) is 25.0 Å². The summed E-state index contributed by atoms with van der Waals surface area (Å²) in [5.74, 6) is 2.35. The van der Waals surface area contributed by atoms with E-state index in [0.717, 1.165) is 30.8 Å². The lowest BCUT2D eigenvalue weighted by Gasteiger charge is -2.27. The lowest BCUT2D eigenvalue weighted by atomic mass is 10.0. The van der Waals surface area contributed by atoms with Gasteiger partial charge in [-0.2, -0.15) is 11.8 Å². The van der Waals surface area contributed by atoms with Gasteiger partial charge in [0.05, 0.1) is 10.4 Å². The van der Waals surface area contributed by atoms with Gasteiger partial charge in [0.1, 0.15) is 0 Å². The first kappa shape index (κ1) is 11.2. The third-order valence-corrected chi connectivity index (χ3v) is 4.94. The number of carbonyl (C=O) groups excluding carboxylic acids is 1. The molecule has 1 amide bonds. The summed E-state index contributed by atoms with van der Waals surface area (Å²) in [6.07, 6.45) is 2.77. The van der Waals surface area contributed by atoms with Crippen molar-refractivity contribution in [3.05, 3.63) is 0 Å². The van der Waals surface area contributed by atoms with E-state index in [9.17, 15) is 4.79 Å². The van der Waals surface area contributed by atoms with Crippen LogP contribution in [0.5, 0.6) is 0 Å². The molecule has 1 aliphatic carbocycles. The Labute approximate surface area is 99.8 Å². The summed E-state index contributed by atoms with van der Waals surface area (Å²) in [7, 11) is 1.89. The molecule has 0 bridgehead atoms. The highest BCUT2D eigenvalue weighted by Crippen LogP contribution is 2.48. The molecule has 1 aliphatic heterocycles. The zero-order chi connectivity index (χ0) is 11.1. The largest absolute Gasteiger partial charge is 0.392 e. The van der Waals surface area contributed by atoms with Gasteiger partial charge in [-0.3, -0.25) is 4.79 Å². The monoisotopic (exact) mass is 244 g/mol. The van der Waals surface area contributed by atoms with Crippen LogP contribution in [-0.2, 0) is 4.79 Å². The average molecular weight is 244 g/mol. The van der Waals surface area contributed by atoms with E-state index in [1.54, 1.807) is 0 Å². The summed E-state index contributed by atoms with van der Waals surface area (Å²) in [6.45, 7) is 0. The van der Waals surface area contributed by atoms with Crippen LogP contribution in [0.2, 0.25) is 0 Å². The van der Waals surface area contributed by atoms with E-state index in [1.807, 2.05) is 23.7 Å². The highest BCUT2D eigenvalue weighted by Gasteiger charge is 2.54. The van der Waals surface area contributed by atoms with Gasteiger partial charge in [0.25, 0.3) is 0 Å². The first-order valence-corrected chi connectivity index (χ1v) is 6.79. The van der Waals surface area contributed by atoms with E-state index in [2.05, 4.69) is 0 Å². The van der Waals surface area contributed by atoms with E-state index in [0.29, 0.717) is 11.0 Å². The first-order chi connectivity index (χ1) is 7.08. The number of carbonyl (C=O) groups is 1. The molecule has 2 N–H and O–H groups in total. The van der Waals surface area contributed by atoms with Crippen LogP contribution >= 0.6 is 24.0 Å². The van der Waals surface area contributed by atoms with Crippen LogP contribution in [0.15, 0.2) is 0 Å². The molecule has 5 heteroatoms. The molecule has 2 rings (SSSR count). The van der Waals surface area contributed by atoms with Crippen molar-refractivity contribution >= 4 is 34.9 Å². The minimum atomic E-state index is -0.475. The summed E-state index contributed by atoms with van der Waals surface area (Å²) in [5.41, 5.74) is 5.17. The Balaban J connectivity index is 2.04. The van der Waals surface area contributed by atoms with Crippen LogP contribution < -0.4 is 5.73 Å². The van der Waals surface area contributed by atoms with Gasteiger partial charge in [0.15, 0.2) is 0 Å². The second-order valence-corrected chi connectivity index (χ2v) is 5.97. The Morgan fingerprint density at radius 3 is 2.67 bits per heavy atom. The van der Waals surface area contributed by atoms with Crippen molar-refractivity contribution in [2.24, 2.45) is 11.1 Å². The molecular weight excluding hydrogens is 228 g/mol. The fourth-order valence-corrected chi connectivity index (χ4v) is 3.58. The third kappa shape index (κ3) is 1.87. The molecule has 15 heavy (non-hydrogen) atoms. The van der Waals surface area contributed by atoms with Crippen molar-refractivity contribution in [3.8, 4) is 0 Å². The van der Waals surface area contributed by atoms with Crippen molar-refractivity contribution in [3.63, 3.8) is 0 Å². The molecule has 0 aromatic carbocycles. The molecule has 1 saturated heterocycles. The molecule has 1 atom stereocenters. The zero-order valence-corrected chi connectivity index (χ0v) is 10.5. The summed E-state index contributed by atoms with van der Waals surface area (Å²) in [6, 6.07) is 0.384. The molecular formula is C10H16N2OS2. The molecule has 2 fully saturated rings. The predicted octanol–water partition coefficient (Wildman–Crippen LogP) is 1.02. The van der Waals surface area contributed by atoms with Crippen molar-refractivity contribution in [2.45, 2.75) is 25.3 Å². The normalized spacial score (nSPS) is 27.4. The molecule has 3 nitrogen and oxygen atoms in total. The molecule has 0 spiro atoms. The highest BCUT2D eigenvalue weighted by molar-refractivity contribution is 7.99. The van der Waals surface area contributed by atoms with E-state index in [4.69, 9.17) is 18.0 Å². The first-order valence-electron chi connectivity index (χ1n) is 5.23. The Hall–Kier alpha value is -0.290. The molecule has 0 radical (unpaired) electrons. The van der Waals surface area contributed by atoms with Gasteiger partial charge in [-0.1, -0.05) is 12.2 Å². The van der Waals surface area contributed by atoms with Crippen LogP contribution in [-0.4, -0.2) is 40.4 Å². The van der Waals surface area contributed by atoms with E-state index in [-0.39, 0.29) is 5.91 Å². The molecule has 2 aliphatic rings. The SMILES string of the molecule is CN(C(=O)C1(C(N)=S)CC1)C1CCSC1. The standard InChI is InChI=1S/C10H16N2OS2/c1-12(7-2-5-15-6-7)9(13)10(3-4-10)8(11)14/h7H,2-6H2,1H3,(H2,11,14). The molecule has 1 saturated carbocycles. The predicted molar refractivity (Wildman–Crippen MR) is 67.0 cm³/mol. The van der Waals surface area contributed by atoms with Crippen molar-refractivity contribution < 1.29 is 4.79 Å². The topological polar surface area (TPSA) is 46.3 Å². The van der Waals surface area contributed by atoms with Crippen LogP contribution in [0.4, 0.5) is 0 Å². The average Bonchev–Trinajstić information content (AvgIpc) is 2.85. The van der Waals surface area contributed by atoms with E-state index in [1.165, 1.54) is 0 Å². The number of thioether (sulfide) groups is 1. The minimum Gasteiger partial charge on any atom is -0.392 e. The highest BCUT2D eigenvalue weighted by atomic mass is 32.2. The van der Waals surface area contributed by atoms with Crippen molar-refractivity contribution in [1.29, 1.82) is 0 Å². The van der Waals surface area contributed by atoms with Gasteiger partial charge in [-0.15, -0.1) is 0 Å². The fourth-order valence-electron chi connectivity index (χ4n) is 2.02. The van der Waals surface area contributed by atoms with Crippen LogP contribution in [0.25, 0.3) is 0 Å². The van der Waals surface area contributed by atoms with Gasteiger partial charge in [0.2, 0.25) is 5.91 Å². The maximum atomic E-state index is 12.2. The number of nitrogens with two attached hydrogens (primary N) is 1. The Bertz CT molecular complexity index is 296. The van der Waals surface area contributed by atoms with Gasteiger partial charge in [0, 0.05) is 18.8 Å². The Morgan fingerprint density at radius 2 is 2.27 bits per heavy atom. The molecule has 84 valence electrons. The second kappa shape index (κ2) is 3.94. The second-order valence-electron chi connectivity index (χ2n) is 4.38. The van der Waals surface area contributed by atoms with E-state index >= 15 is 0 Å². The number of amides is 1. The minimum absolute atomic E-state index is 0.141. The van der Waals surface area contributed by atoms with Crippen LogP contribution in [0, 0.1) is 5.41 Å². The number of rotatable bonds is 3. The third-order valence-electron chi connectivity index (χ3n) is 3.40.